The number of amides is 1. The van der Waals surface area contributed by atoms with Crippen LogP contribution in [0, 0.1) is 0 Å². The highest BCUT2D eigenvalue weighted by atomic mass is 19.4. The van der Waals surface area contributed by atoms with Crippen molar-refractivity contribution in [3.05, 3.63) is 48.1 Å². The van der Waals surface area contributed by atoms with Crippen molar-refractivity contribution in [3.8, 4) is 11.5 Å². The fourth-order valence-electron chi connectivity index (χ4n) is 2.75. The fraction of sp³-hybridized carbons (Fsp3) is 0.235. The molecule has 4 rings (SSSR count). The number of anilines is 2. The number of halogens is 3. The zero-order valence-corrected chi connectivity index (χ0v) is 14.2. The number of nitrogens with one attached hydrogen (secondary N) is 2. The van der Waals surface area contributed by atoms with Crippen LogP contribution in [0.5, 0.6) is 0 Å². The Morgan fingerprint density at radius 2 is 2.04 bits per heavy atom. The zero-order valence-electron chi connectivity index (χ0n) is 14.2. The minimum Gasteiger partial charge on any atom is -0.420 e. The van der Waals surface area contributed by atoms with Crippen molar-refractivity contribution >= 4 is 17.5 Å². The lowest BCUT2D eigenvalue weighted by atomic mass is 10.1. The molecule has 144 valence electrons. The predicted molar refractivity (Wildman–Crippen MR) is 90.4 cm³/mol. The van der Waals surface area contributed by atoms with Gasteiger partial charge in [0.2, 0.25) is 11.8 Å². The highest BCUT2D eigenvalue weighted by Gasteiger charge is 2.32. The smallest absolute Gasteiger partial charge is 0.417 e. The van der Waals surface area contributed by atoms with Crippen LogP contribution in [-0.2, 0) is 11.0 Å². The first kappa shape index (κ1) is 17.9. The Bertz CT molecular complexity index is 1000. The molecule has 1 aliphatic rings. The third-order valence-electron chi connectivity index (χ3n) is 4.16. The molecule has 1 aliphatic heterocycles. The van der Waals surface area contributed by atoms with Gasteiger partial charge in [0.25, 0.3) is 5.89 Å². The van der Waals surface area contributed by atoms with Crippen molar-refractivity contribution in [2.75, 3.05) is 11.9 Å². The van der Waals surface area contributed by atoms with Crippen LogP contribution in [-0.4, -0.2) is 32.6 Å². The van der Waals surface area contributed by atoms with Crippen LogP contribution in [0.3, 0.4) is 0 Å². The molecule has 0 saturated carbocycles. The number of rotatable bonds is 4. The summed E-state index contributed by atoms with van der Waals surface area (Å²) in [5.41, 5.74) is -0.419. The quantitative estimate of drug-likeness (QED) is 0.706. The predicted octanol–water partition coefficient (Wildman–Crippen LogP) is 2.89. The molecule has 1 amide bonds. The van der Waals surface area contributed by atoms with Crippen molar-refractivity contribution < 1.29 is 22.4 Å². The molecule has 1 fully saturated rings. The van der Waals surface area contributed by atoms with Gasteiger partial charge in [0.05, 0.1) is 11.1 Å². The number of carbonyl (C=O) groups is 1. The molecule has 1 saturated heterocycles. The van der Waals surface area contributed by atoms with E-state index in [9.17, 15) is 18.0 Å². The molecule has 2 N–H and O–H groups in total. The van der Waals surface area contributed by atoms with E-state index >= 15 is 0 Å². The first-order chi connectivity index (χ1) is 13.4. The summed E-state index contributed by atoms with van der Waals surface area (Å²) in [5, 5.41) is 13.4. The average Bonchev–Trinajstić information content (AvgIpc) is 3.31. The van der Waals surface area contributed by atoms with E-state index in [0.29, 0.717) is 18.5 Å². The second-order valence-corrected chi connectivity index (χ2v) is 6.03. The summed E-state index contributed by atoms with van der Waals surface area (Å²) < 4.78 is 43.6. The van der Waals surface area contributed by atoms with Crippen LogP contribution in [0.15, 0.2) is 41.1 Å². The normalized spacial score (nSPS) is 16.8. The summed E-state index contributed by atoms with van der Waals surface area (Å²) in [6.45, 7) is 0.542. The van der Waals surface area contributed by atoms with E-state index in [0.717, 1.165) is 12.3 Å². The Kier molecular flexibility index (Phi) is 4.41. The van der Waals surface area contributed by atoms with Gasteiger partial charge in [-0.1, -0.05) is 0 Å². The molecule has 3 aromatic rings. The molecule has 1 unspecified atom stereocenters. The van der Waals surface area contributed by atoms with Crippen molar-refractivity contribution in [2.24, 2.45) is 0 Å². The Morgan fingerprint density at radius 3 is 2.71 bits per heavy atom. The van der Waals surface area contributed by atoms with Crippen molar-refractivity contribution in [2.45, 2.75) is 18.5 Å². The van der Waals surface area contributed by atoms with Crippen LogP contribution >= 0.6 is 0 Å². The number of carbonyl (C=O) groups excluding carboxylic acids is 1. The molecule has 3 aromatic heterocycles. The van der Waals surface area contributed by atoms with Gasteiger partial charge >= 0.3 is 6.18 Å². The minimum atomic E-state index is -4.46. The van der Waals surface area contributed by atoms with E-state index < -0.39 is 17.7 Å². The minimum absolute atomic E-state index is 0.136. The monoisotopic (exact) mass is 390 g/mol. The van der Waals surface area contributed by atoms with Gasteiger partial charge < -0.3 is 15.1 Å². The van der Waals surface area contributed by atoms with Crippen molar-refractivity contribution in [1.29, 1.82) is 0 Å². The van der Waals surface area contributed by atoms with E-state index in [-0.39, 0.29) is 29.3 Å². The molecule has 0 bridgehead atoms. The van der Waals surface area contributed by atoms with Gasteiger partial charge in [0.15, 0.2) is 0 Å². The third-order valence-corrected chi connectivity index (χ3v) is 4.16. The molecule has 28 heavy (non-hydrogen) atoms. The van der Waals surface area contributed by atoms with Gasteiger partial charge in [-0.25, -0.2) is 9.97 Å². The van der Waals surface area contributed by atoms with Gasteiger partial charge in [-0.05, 0) is 30.7 Å². The first-order valence-electron chi connectivity index (χ1n) is 8.28. The van der Waals surface area contributed by atoms with E-state index in [1.165, 1.54) is 12.3 Å². The second kappa shape index (κ2) is 6.91. The average molecular weight is 390 g/mol. The lowest BCUT2D eigenvalue weighted by Gasteiger charge is -2.09. The van der Waals surface area contributed by atoms with E-state index in [1.807, 2.05) is 0 Å². The third kappa shape index (κ3) is 3.50. The SMILES string of the molecule is O=C1NCCC1c1nnc(-c2cccnc2Nc2ccc(C(F)(F)F)cn2)o1. The number of alkyl halides is 3. The molecule has 0 radical (unpaired) electrons. The highest BCUT2D eigenvalue weighted by molar-refractivity contribution is 5.84. The maximum atomic E-state index is 12.7. The van der Waals surface area contributed by atoms with Crippen LogP contribution in [0.2, 0.25) is 0 Å². The van der Waals surface area contributed by atoms with Crippen LogP contribution < -0.4 is 10.6 Å². The van der Waals surface area contributed by atoms with Crippen molar-refractivity contribution in [3.63, 3.8) is 0 Å². The van der Waals surface area contributed by atoms with E-state index in [4.69, 9.17) is 4.42 Å². The van der Waals surface area contributed by atoms with E-state index in [2.05, 4.69) is 30.8 Å². The Hall–Kier alpha value is -3.50. The van der Waals surface area contributed by atoms with Crippen LogP contribution in [0.1, 0.15) is 23.8 Å². The zero-order chi connectivity index (χ0) is 19.7. The molecule has 11 heteroatoms. The number of pyridine rings is 2. The molecule has 1 atom stereocenters. The van der Waals surface area contributed by atoms with E-state index in [1.54, 1.807) is 12.1 Å². The number of hydrogen-bond acceptors (Lipinski definition) is 7. The summed E-state index contributed by atoms with van der Waals surface area (Å²) >= 11 is 0. The standard InChI is InChI=1S/C17H13F3N6O2/c18-17(19,20)9-3-4-12(23-8-9)24-13-10(2-1-6-21-13)15-25-26-16(28-15)11-5-7-22-14(11)27/h1-4,6,8,11H,5,7H2,(H,22,27)(H,21,23,24). The summed E-state index contributed by atoms with van der Waals surface area (Å²) in [5.74, 6) is 0.118. The Morgan fingerprint density at radius 1 is 1.18 bits per heavy atom. The summed E-state index contributed by atoms with van der Waals surface area (Å²) in [6.07, 6.45) is -1.67. The lowest BCUT2D eigenvalue weighted by Crippen LogP contribution is -2.18. The molecule has 4 heterocycles. The summed E-state index contributed by atoms with van der Waals surface area (Å²) in [7, 11) is 0. The van der Waals surface area contributed by atoms with Gasteiger partial charge in [0.1, 0.15) is 17.6 Å². The molecule has 0 aliphatic carbocycles. The first-order valence-corrected chi connectivity index (χ1v) is 8.28. The molecule has 0 aromatic carbocycles. The summed E-state index contributed by atoms with van der Waals surface area (Å²) in [6, 6.07) is 5.42. The van der Waals surface area contributed by atoms with Gasteiger partial charge in [0, 0.05) is 18.9 Å². The number of aromatic nitrogens is 4. The number of nitrogens with zero attached hydrogens (tertiary/aromatic N) is 4. The molecule has 0 spiro atoms. The van der Waals surface area contributed by atoms with Gasteiger partial charge in [-0.15, -0.1) is 10.2 Å². The fourth-order valence-corrected chi connectivity index (χ4v) is 2.75. The highest BCUT2D eigenvalue weighted by Crippen LogP contribution is 2.32. The van der Waals surface area contributed by atoms with Crippen LogP contribution in [0.25, 0.3) is 11.5 Å². The maximum absolute atomic E-state index is 12.7. The molecule has 8 nitrogen and oxygen atoms in total. The largest absolute Gasteiger partial charge is 0.420 e. The Labute approximate surface area is 156 Å². The molecular formula is C17H13F3N6O2. The topological polar surface area (TPSA) is 106 Å². The van der Waals surface area contributed by atoms with Gasteiger partial charge in [-0.2, -0.15) is 13.2 Å². The second-order valence-electron chi connectivity index (χ2n) is 6.03. The molecular weight excluding hydrogens is 377 g/mol. The van der Waals surface area contributed by atoms with Crippen molar-refractivity contribution in [1.82, 2.24) is 25.5 Å². The van der Waals surface area contributed by atoms with Crippen LogP contribution in [0.4, 0.5) is 24.8 Å². The number of hydrogen-bond donors (Lipinski definition) is 2. The lowest BCUT2D eigenvalue weighted by molar-refractivity contribution is -0.137. The van der Waals surface area contributed by atoms with Gasteiger partial charge in [-0.3, -0.25) is 4.79 Å². The Balaban J connectivity index is 1.59. The summed E-state index contributed by atoms with van der Waals surface area (Å²) in [4.78, 5) is 19.7. The maximum Gasteiger partial charge on any atom is 0.417 e.